The van der Waals surface area contributed by atoms with Crippen LogP contribution < -0.4 is 22.3 Å². The summed E-state index contributed by atoms with van der Waals surface area (Å²) in [5, 5.41) is 2.46. The minimum Gasteiger partial charge on any atom is -0.351 e. The number of rotatable bonds is 11. The summed E-state index contributed by atoms with van der Waals surface area (Å²) in [6.07, 6.45) is 8.02. The molecule has 3 rings (SSSR count). The van der Waals surface area contributed by atoms with Crippen molar-refractivity contribution in [2.24, 2.45) is 22.5 Å². The van der Waals surface area contributed by atoms with Crippen LogP contribution in [-0.4, -0.2) is 67.3 Å². The Kier molecular flexibility index (Phi) is 14.8. The number of hydrazine groups is 1. The number of amides is 3. The molecule has 1 aliphatic carbocycles. The first kappa shape index (κ1) is 33.7. The van der Waals surface area contributed by atoms with E-state index in [1.54, 1.807) is 44.3 Å². The van der Waals surface area contributed by atoms with Crippen molar-refractivity contribution in [2.45, 2.75) is 64.8 Å². The number of nitrogens with zero attached hydrogens (tertiary/aromatic N) is 3. The molecule has 226 valence electrons. The number of nitrogens with one attached hydrogen (secondary N) is 2. The summed E-state index contributed by atoms with van der Waals surface area (Å²) in [5.41, 5.74) is 10.0. The lowest BCUT2D eigenvalue weighted by atomic mass is 9.85. The molecule has 0 spiro atoms. The van der Waals surface area contributed by atoms with Crippen LogP contribution in [0.5, 0.6) is 0 Å². The van der Waals surface area contributed by atoms with Crippen LogP contribution in [0.25, 0.3) is 0 Å². The van der Waals surface area contributed by atoms with E-state index in [9.17, 15) is 14.0 Å². The van der Waals surface area contributed by atoms with E-state index >= 15 is 0 Å². The Hall–Kier alpha value is -3.50. The molecule has 0 unspecified atom stereocenters. The summed E-state index contributed by atoms with van der Waals surface area (Å²) in [5.74, 6) is 6.58. The normalized spacial score (nSPS) is 16.9. The average molecular weight is 570 g/mol. The van der Waals surface area contributed by atoms with Crippen LogP contribution in [0, 0.1) is 11.7 Å². The maximum atomic E-state index is 13.0. The van der Waals surface area contributed by atoms with E-state index in [-0.39, 0.29) is 11.7 Å². The average Bonchev–Trinajstić information content (AvgIpc) is 2.95. The van der Waals surface area contributed by atoms with Gasteiger partial charge in [0.1, 0.15) is 11.7 Å². The van der Waals surface area contributed by atoms with Gasteiger partial charge in [-0.3, -0.25) is 9.79 Å². The summed E-state index contributed by atoms with van der Waals surface area (Å²) in [4.78, 5) is 30.6. The van der Waals surface area contributed by atoms with Crippen molar-refractivity contribution < 1.29 is 14.0 Å². The maximum Gasteiger partial charge on any atom is 0.316 e. The van der Waals surface area contributed by atoms with Gasteiger partial charge in [-0.1, -0.05) is 31.2 Å². The van der Waals surface area contributed by atoms with Crippen LogP contribution in [0.1, 0.15) is 63.5 Å². The smallest absolute Gasteiger partial charge is 0.316 e. The second kappa shape index (κ2) is 18.0. The van der Waals surface area contributed by atoms with Crippen LogP contribution in [0.4, 0.5) is 14.9 Å². The van der Waals surface area contributed by atoms with Gasteiger partial charge >= 0.3 is 6.03 Å². The van der Waals surface area contributed by atoms with Crippen LogP contribution in [-0.2, 0) is 11.2 Å². The lowest BCUT2D eigenvalue weighted by molar-refractivity contribution is -0.130. The first-order chi connectivity index (χ1) is 19.7. The SMILES string of the molecule is CCCN(CCCc1ccc(F)cc1)CC1CCC(N(C)C(C)=O)CC1.CN=C(NN)c1cccc(NC(N)=O)c1. The van der Waals surface area contributed by atoms with Crippen LogP contribution in [0.3, 0.4) is 0 Å². The van der Waals surface area contributed by atoms with Gasteiger partial charge in [0.2, 0.25) is 5.91 Å². The number of nitrogens with two attached hydrogens (primary N) is 2. The van der Waals surface area contributed by atoms with Crippen molar-refractivity contribution in [3.8, 4) is 0 Å². The standard InChI is InChI=1S/C22H35FN2O.C9H13N5O/c1-4-15-25(16-5-6-19-7-11-21(23)12-8-19)17-20-9-13-22(14-10-20)24(3)18(2)26;1-12-8(14-11)6-3-2-4-7(5-6)13-9(10)15/h7-8,11-12,20,22H,4-6,9-10,13-17H2,1-3H3;2-5H,11H2,1H3,(H,12,14)(H3,10,13,15). The number of anilines is 1. The molecule has 2 aromatic rings. The zero-order valence-corrected chi connectivity index (χ0v) is 25.0. The van der Waals surface area contributed by atoms with Crippen molar-refractivity contribution in [3.63, 3.8) is 0 Å². The maximum absolute atomic E-state index is 13.0. The van der Waals surface area contributed by atoms with Gasteiger partial charge < -0.3 is 26.3 Å². The third-order valence-electron chi connectivity index (χ3n) is 7.53. The van der Waals surface area contributed by atoms with E-state index in [4.69, 9.17) is 11.6 Å². The zero-order valence-electron chi connectivity index (χ0n) is 25.0. The Bertz CT molecular complexity index is 1100. The van der Waals surface area contributed by atoms with Crippen molar-refractivity contribution in [1.29, 1.82) is 0 Å². The molecule has 0 heterocycles. The summed E-state index contributed by atoms with van der Waals surface area (Å²) in [7, 11) is 3.55. The van der Waals surface area contributed by atoms with Gasteiger partial charge in [0.15, 0.2) is 0 Å². The second-order valence-corrected chi connectivity index (χ2v) is 10.6. The molecule has 3 amide bonds. The Morgan fingerprint density at radius 3 is 2.32 bits per heavy atom. The van der Waals surface area contributed by atoms with Gasteiger partial charge in [-0.2, -0.15) is 0 Å². The first-order valence-electron chi connectivity index (χ1n) is 14.5. The fourth-order valence-corrected chi connectivity index (χ4v) is 5.27. The number of aryl methyl sites for hydroxylation is 1. The molecule has 1 saturated carbocycles. The minimum atomic E-state index is -0.608. The molecule has 6 N–H and O–H groups in total. The summed E-state index contributed by atoms with van der Waals surface area (Å²) < 4.78 is 13.0. The molecule has 0 atom stereocenters. The Balaban J connectivity index is 0.000000333. The lowest BCUT2D eigenvalue weighted by Gasteiger charge is -2.36. The lowest BCUT2D eigenvalue weighted by Crippen LogP contribution is -2.40. The molecule has 41 heavy (non-hydrogen) atoms. The van der Waals surface area contributed by atoms with Gasteiger partial charge in [-0.25, -0.2) is 15.0 Å². The molecule has 0 aromatic heterocycles. The number of hydrogen-bond donors (Lipinski definition) is 4. The molecule has 0 saturated heterocycles. The Morgan fingerprint density at radius 1 is 1.07 bits per heavy atom. The van der Waals surface area contributed by atoms with E-state index in [1.165, 1.54) is 31.4 Å². The number of hydrogen-bond acceptors (Lipinski definition) is 5. The van der Waals surface area contributed by atoms with Crippen molar-refractivity contribution in [3.05, 3.63) is 65.5 Å². The number of aliphatic imine (C=N–C) groups is 1. The number of urea groups is 1. The zero-order chi connectivity index (χ0) is 30.2. The third kappa shape index (κ3) is 12.3. The van der Waals surface area contributed by atoms with E-state index < -0.39 is 6.03 Å². The van der Waals surface area contributed by atoms with E-state index in [0.717, 1.165) is 50.3 Å². The van der Waals surface area contributed by atoms with Crippen molar-refractivity contribution in [2.75, 3.05) is 39.0 Å². The quantitative estimate of drug-likeness (QED) is 0.137. The number of carbonyl (C=O) groups is 2. The Labute approximate surface area is 244 Å². The largest absolute Gasteiger partial charge is 0.351 e. The molecule has 2 aromatic carbocycles. The number of carbonyl (C=O) groups excluding carboxylic acids is 2. The van der Waals surface area contributed by atoms with Crippen LogP contribution >= 0.6 is 0 Å². The van der Waals surface area contributed by atoms with Gasteiger partial charge in [-0.05, 0) is 93.8 Å². The molecule has 0 radical (unpaired) electrons. The molecule has 9 nitrogen and oxygen atoms in total. The second-order valence-electron chi connectivity index (χ2n) is 10.6. The molecule has 1 fully saturated rings. The van der Waals surface area contributed by atoms with Gasteiger partial charge in [0, 0.05) is 44.9 Å². The molecule has 1 aliphatic rings. The molecule has 0 aliphatic heterocycles. The monoisotopic (exact) mass is 569 g/mol. The molecular weight excluding hydrogens is 521 g/mol. The van der Waals surface area contributed by atoms with E-state index in [1.807, 2.05) is 30.1 Å². The highest BCUT2D eigenvalue weighted by atomic mass is 19.1. The van der Waals surface area contributed by atoms with Gasteiger partial charge in [0.05, 0.1) is 0 Å². The predicted octanol–water partition coefficient (Wildman–Crippen LogP) is 4.52. The van der Waals surface area contributed by atoms with Crippen LogP contribution in [0.15, 0.2) is 53.5 Å². The predicted molar refractivity (Wildman–Crippen MR) is 165 cm³/mol. The topological polar surface area (TPSA) is 129 Å². The van der Waals surface area contributed by atoms with Crippen molar-refractivity contribution in [1.82, 2.24) is 15.2 Å². The third-order valence-corrected chi connectivity index (χ3v) is 7.53. The van der Waals surface area contributed by atoms with Crippen LogP contribution in [0.2, 0.25) is 0 Å². The number of halogens is 1. The highest BCUT2D eigenvalue weighted by Gasteiger charge is 2.26. The van der Waals surface area contributed by atoms with E-state index in [0.29, 0.717) is 17.6 Å². The molecular formula is C31H48FN7O2. The minimum absolute atomic E-state index is 0.160. The first-order valence-corrected chi connectivity index (χ1v) is 14.5. The van der Waals surface area contributed by atoms with Crippen molar-refractivity contribution >= 4 is 23.5 Å². The van der Waals surface area contributed by atoms with Gasteiger partial charge in [0.25, 0.3) is 0 Å². The van der Waals surface area contributed by atoms with E-state index in [2.05, 4.69) is 27.6 Å². The van der Waals surface area contributed by atoms with Gasteiger partial charge in [-0.15, -0.1) is 0 Å². The highest BCUT2D eigenvalue weighted by molar-refractivity contribution is 6.00. The summed E-state index contributed by atoms with van der Waals surface area (Å²) in [6, 6.07) is 13.7. The fraction of sp³-hybridized carbons (Fsp3) is 0.516. The Morgan fingerprint density at radius 2 is 1.76 bits per heavy atom. The molecule has 10 heteroatoms. The fourth-order valence-electron chi connectivity index (χ4n) is 5.27. The number of amidine groups is 1. The summed E-state index contributed by atoms with van der Waals surface area (Å²) >= 11 is 0. The number of primary amides is 1. The molecule has 0 bridgehead atoms. The highest BCUT2D eigenvalue weighted by Crippen LogP contribution is 2.28. The summed E-state index contributed by atoms with van der Waals surface area (Å²) in [6.45, 7) is 7.34. The number of benzene rings is 2.